The number of carbonyl (C=O) groups is 3. The van der Waals surface area contributed by atoms with Crippen LogP contribution in [0.2, 0.25) is 0 Å². The fourth-order valence-corrected chi connectivity index (χ4v) is 3.21. The van der Waals surface area contributed by atoms with E-state index in [4.69, 9.17) is 14.2 Å². The Kier molecular flexibility index (Phi) is 11.8. The number of nitrogens with zero attached hydrogens (tertiary/aromatic N) is 1. The van der Waals surface area contributed by atoms with Crippen molar-refractivity contribution in [3.05, 3.63) is 97.1 Å². The van der Waals surface area contributed by atoms with Crippen LogP contribution in [0, 0.1) is 0 Å². The Morgan fingerprint density at radius 2 is 1.49 bits per heavy atom. The molecule has 2 aromatic rings. The lowest BCUT2D eigenvalue weighted by Gasteiger charge is -2.30. The average Bonchev–Trinajstić information content (AvgIpc) is 2.89. The first-order chi connectivity index (χ1) is 17.0. The maximum Gasteiger partial charge on any atom is 0.408 e. The van der Waals surface area contributed by atoms with E-state index >= 15 is 0 Å². The van der Waals surface area contributed by atoms with Crippen molar-refractivity contribution in [3.8, 4) is 0 Å². The molecule has 0 radical (unpaired) electrons. The Morgan fingerprint density at radius 1 is 0.914 bits per heavy atom. The number of rotatable bonds is 14. The molecule has 0 heterocycles. The first kappa shape index (κ1) is 27.3. The zero-order valence-corrected chi connectivity index (χ0v) is 19.9. The van der Waals surface area contributed by atoms with Crippen molar-refractivity contribution in [2.45, 2.75) is 25.1 Å². The minimum absolute atomic E-state index is 0.0158. The fourth-order valence-electron chi connectivity index (χ4n) is 3.21. The zero-order chi connectivity index (χ0) is 25.5. The van der Waals surface area contributed by atoms with E-state index in [-0.39, 0.29) is 32.8 Å². The maximum atomic E-state index is 13.4. The van der Waals surface area contributed by atoms with E-state index < -0.39 is 30.1 Å². The summed E-state index contributed by atoms with van der Waals surface area (Å²) in [5.74, 6) is -1.10. The number of ether oxygens (including phenoxy) is 3. The van der Waals surface area contributed by atoms with Crippen LogP contribution in [0.4, 0.5) is 4.79 Å². The summed E-state index contributed by atoms with van der Waals surface area (Å²) in [6.07, 6.45) is 2.31. The number of hydrogen-bond acceptors (Lipinski definition) is 6. The van der Waals surface area contributed by atoms with Crippen molar-refractivity contribution in [2.24, 2.45) is 0 Å². The second-order valence-corrected chi connectivity index (χ2v) is 7.66. The second kappa shape index (κ2) is 15.1. The van der Waals surface area contributed by atoms with Crippen molar-refractivity contribution >= 4 is 18.0 Å². The van der Waals surface area contributed by atoms with Crippen molar-refractivity contribution in [1.82, 2.24) is 10.2 Å². The summed E-state index contributed by atoms with van der Waals surface area (Å²) in [6.45, 7) is 7.18. The Balaban J connectivity index is 2.18. The SMILES string of the molecule is C=CCOC(=O)N[C@@H](COCc1ccccc1)C(=O)N(C)[C@@H](Cc1ccccc1)C(=O)OCC=C. The second-order valence-electron chi connectivity index (χ2n) is 7.66. The van der Waals surface area contributed by atoms with Crippen molar-refractivity contribution in [1.29, 1.82) is 0 Å². The van der Waals surface area contributed by atoms with E-state index in [2.05, 4.69) is 18.5 Å². The highest BCUT2D eigenvalue weighted by atomic mass is 16.5. The lowest BCUT2D eigenvalue weighted by Crippen LogP contribution is -2.55. The third kappa shape index (κ3) is 9.46. The highest BCUT2D eigenvalue weighted by Crippen LogP contribution is 2.12. The van der Waals surface area contributed by atoms with Gasteiger partial charge in [-0.25, -0.2) is 9.59 Å². The zero-order valence-electron chi connectivity index (χ0n) is 19.9. The van der Waals surface area contributed by atoms with Gasteiger partial charge in [-0.1, -0.05) is 86.0 Å². The van der Waals surface area contributed by atoms with E-state index in [1.807, 2.05) is 60.7 Å². The molecule has 0 unspecified atom stereocenters. The molecule has 0 aliphatic rings. The van der Waals surface area contributed by atoms with Gasteiger partial charge in [0, 0.05) is 13.5 Å². The first-order valence-electron chi connectivity index (χ1n) is 11.2. The van der Waals surface area contributed by atoms with Gasteiger partial charge in [-0.15, -0.1) is 0 Å². The van der Waals surface area contributed by atoms with Gasteiger partial charge in [-0.3, -0.25) is 4.79 Å². The molecular formula is C27H32N2O6. The van der Waals surface area contributed by atoms with Crippen LogP contribution in [0.25, 0.3) is 0 Å². The quantitative estimate of drug-likeness (QED) is 0.329. The summed E-state index contributed by atoms with van der Waals surface area (Å²) in [7, 11) is 1.49. The normalized spacial score (nSPS) is 12.0. The summed E-state index contributed by atoms with van der Waals surface area (Å²) in [6, 6.07) is 16.7. The van der Waals surface area contributed by atoms with E-state index in [0.717, 1.165) is 11.1 Å². The lowest BCUT2D eigenvalue weighted by atomic mass is 10.0. The number of alkyl carbamates (subject to hydrolysis) is 1. The number of amides is 2. The van der Waals surface area contributed by atoms with Crippen molar-refractivity contribution < 1.29 is 28.6 Å². The van der Waals surface area contributed by atoms with E-state index in [0.29, 0.717) is 0 Å². The molecule has 8 nitrogen and oxygen atoms in total. The van der Waals surface area contributed by atoms with Crippen LogP contribution in [0.5, 0.6) is 0 Å². The van der Waals surface area contributed by atoms with Gasteiger partial charge >= 0.3 is 12.1 Å². The maximum absolute atomic E-state index is 13.4. The van der Waals surface area contributed by atoms with Gasteiger partial charge in [0.25, 0.3) is 0 Å². The molecule has 0 bridgehead atoms. The number of carbonyl (C=O) groups excluding carboxylic acids is 3. The van der Waals surface area contributed by atoms with Crippen LogP contribution in [0.1, 0.15) is 11.1 Å². The fraction of sp³-hybridized carbons (Fsp3) is 0.296. The number of likely N-dealkylation sites (N-methyl/N-ethyl adjacent to an activating group) is 1. The topological polar surface area (TPSA) is 94.2 Å². The molecule has 0 saturated heterocycles. The standard InChI is InChI=1S/C27H32N2O6/c1-4-16-34-26(31)24(18-21-12-8-6-9-13-21)29(3)25(30)23(28-27(32)35-17-5-2)20-33-19-22-14-10-7-11-15-22/h4-15,23-24H,1-2,16-20H2,3H3,(H,28,32)/t23-,24-/m0/s1. The predicted molar refractivity (Wildman–Crippen MR) is 132 cm³/mol. The largest absolute Gasteiger partial charge is 0.460 e. The molecule has 8 heteroatoms. The van der Waals surface area contributed by atoms with Gasteiger partial charge in [0.15, 0.2) is 0 Å². The number of hydrogen-bond donors (Lipinski definition) is 1. The van der Waals surface area contributed by atoms with E-state index in [9.17, 15) is 14.4 Å². The van der Waals surface area contributed by atoms with Crippen LogP contribution in [-0.4, -0.2) is 61.8 Å². The lowest BCUT2D eigenvalue weighted by molar-refractivity contribution is -0.154. The summed E-state index contributed by atoms with van der Waals surface area (Å²) < 4.78 is 15.9. The molecule has 0 saturated carbocycles. The molecule has 0 aliphatic heterocycles. The molecule has 1 N–H and O–H groups in total. The van der Waals surface area contributed by atoms with Crippen LogP contribution in [0.3, 0.4) is 0 Å². The molecule has 0 spiro atoms. The third-order valence-corrected chi connectivity index (χ3v) is 5.02. The summed E-state index contributed by atoms with van der Waals surface area (Å²) in [5.41, 5.74) is 1.76. The van der Waals surface area contributed by atoms with Gasteiger partial charge in [0.1, 0.15) is 25.3 Å². The molecule has 186 valence electrons. The molecule has 0 aliphatic carbocycles. The van der Waals surface area contributed by atoms with Crippen LogP contribution in [0.15, 0.2) is 86.0 Å². The minimum atomic E-state index is -1.09. The van der Waals surface area contributed by atoms with Crippen molar-refractivity contribution in [3.63, 3.8) is 0 Å². The number of nitrogens with one attached hydrogen (secondary N) is 1. The first-order valence-corrected chi connectivity index (χ1v) is 11.2. The Labute approximate surface area is 206 Å². The monoisotopic (exact) mass is 480 g/mol. The molecule has 2 aromatic carbocycles. The third-order valence-electron chi connectivity index (χ3n) is 5.02. The summed E-state index contributed by atoms with van der Waals surface area (Å²) in [5, 5.41) is 2.53. The number of esters is 1. The van der Waals surface area contributed by atoms with E-state index in [1.165, 1.54) is 24.1 Å². The van der Waals surface area contributed by atoms with Gasteiger partial charge in [0.05, 0.1) is 13.2 Å². The van der Waals surface area contributed by atoms with Crippen LogP contribution < -0.4 is 5.32 Å². The summed E-state index contributed by atoms with van der Waals surface area (Å²) in [4.78, 5) is 39.7. The Morgan fingerprint density at radius 3 is 2.09 bits per heavy atom. The summed E-state index contributed by atoms with van der Waals surface area (Å²) >= 11 is 0. The molecule has 0 fully saturated rings. The van der Waals surface area contributed by atoms with Crippen LogP contribution >= 0.6 is 0 Å². The highest BCUT2D eigenvalue weighted by Gasteiger charge is 2.33. The highest BCUT2D eigenvalue weighted by molar-refractivity contribution is 5.89. The van der Waals surface area contributed by atoms with Gasteiger partial charge in [-0.05, 0) is 11.1 Å². The molecule has 0 aromatic heterocycles. The average molecular weight is 481 g/mol. The molecule has 2 atom stereocenters. The predicted octanol–water partition coefficient (Wildman–Crippen LogP) is 3.28. The molecular weight excluding hydrogens is 448 g/mol. The van der Waals surface area contributed by atoms with Crippen molar-refractivity contribution in [2.75, 3.05) is 26.9 Å². The molecule has 2 rings (SSSR count). The van der Waals surface area contributed by atoms with E-state index in [1.54, 1.807) is 0 Å². The number of benzene rings is 2. The Bertz CT molecular complexity index is 964. The molecule has 35 heavy (non-hydrogen) atoms. The van der Waals surface area contributed by atoms with Gasteiger partial charge in [-0.2, -0.15) is 0 Å². The Hall–Kier alpha value is -3.91. The van der Waals surface area contributed by atoms with Gasteiger partial charge in [0.2, 0.25) is 5.91 Å². The van der Waals surface area contributed by atoms with Crippen LogP contribution in [-0.2, 0) is 36.8 Å². The smallest absolute Gasteiger partial charge is 0.408 e. The van der Waals surface area contributed by atoms with Gasteiger partial charge < -0.3 is 24.4 Å². The molecule has 2 amide bonds. The minimum Gasteiger partial charge on any atom is -0.460 e.